The van der Waals surface area contributed by atoms with Gasteiger partial charge >= 0.3 is 6.61 Å². The highest BCUT2D eigenvalue weighted by atomic mass is 32.2. The summed E-state index contributed by atoms with van der Waals surface area (Å²) >= 11 is 0. The summed E-state index contributed by atoms with van der Waals surface area (Å²) in [5, 5.41) is 3.86. The first-order valence-electron chi connectivity index (χ1n) is 7.95. The van der Waals surface area contributed by atoms with Crippen molar-refractivity contribution in [3.05, 3.63) is 30.0 Å². The van der Waals surface area contributed by atoms with Crippen LogP contribution in [-0.2, 0) is 9.84 Å². The largest absolute Gasteiger partial charge is 0.435 e. The van der Waals surface area contributed by atoms with Crippen LogP contribution in [-0.4, -0.2) is 37.1 Å². The average molecular weight is 370 g/mol. The molecule has 0 radical (unpaired) electrons. The third kappa shape index (κ3) is 3.40. The Kier molecular flexibility index (Phi) is 4.35. The summed E-state index contributed by atoms with van der Waals surface area (Å²) in [6, 6.07) is 6.01. The number of hydrogen-bond donors (Lipinski definition) is 1. The van der Waals surface area contributed by atoms with Crippen LogP contribution in [0.3, 0.4) is 0 Å². The molecule has 1 aromatic carbocycles. The number of ether oxygens (including phenoxy) is 1. The minimum atomic E-state index is -3.20. The van der Waals surface area contributed by atoms with Crippen LogP contribution in [0.1, 0.15) is 25.5 Å². The molecule has 1 N–H and O–H groups in total. The molecule has 0 spiro atoms. The molecule has 136 valence electrons. The van der Waals surface area contributed by atoms with Gasteiger partial charge in [-0.25, -0.2) is 8.42 Å². The number of benzene rings is 1. The van der Waals surface area contributed by atoms with Gasteiger partial charge in [0.2, 0.25) is 0 Å². The van der Waals surface area contributed by atoms with Crippen LogP contribution in [0.4, 0.5) is 14.5 Å². The second-order valence-corrected chi connectivity index (χ2v) is 8.93. The van der Waals surface area contributed by atoms with Gasteiger partial charge in [-0.15, -0.1) is 0 Å². The predicted octanol–water partition coefficient (Wildman–Crippen LogP) is 3.52. The first-order chi connectivity index (χ1) is 11.6. The van der Waals surface area contributed by atoms with E-state index in [0.717, 1.165) is 5.69 Å². The standard InChI is InChI=1S/C17H20F2N2O3S/c1-10-8-15(21-11(2)17(6-7-17)25(3,22)23)13-9-12(24-16(18)19)4-5-14(13)20-10/h4-5,8-9,11,16H,6-7H2,1-3H3,(H,20,21)/t11-/m1/s1. The van der Waals surface area contributed by atoms with Crippen LogP contribution >= 0.6 is 0 Å². The fraction of sp³-hybridized carbons (Fsp3) is 0.471. The zero-order valence-corrected chi connectivity index (χ0v) is 15.0. The minimum absolute atomic E-state index is 0.0353. The van der Waals surface area contributed by atoms with Crippen molar-refractivity contribution < 1.29 is 21.9 Å². The lowest BCUT2D eigenvalue weighted by molar-refractivity contribution is -0.0497. The monoisotopic (exact) mass is 370 g/mol. The van der Waals surface area contributed by atoms with E-state index in [0.29, 0.717) is 29.4 Å². The Balaban J connectivity index is 2.00. The number of fused-ring (bicyclic) bond motifs is 1. The highest BCUT2D eigenvalue weighted by molar-refractivity contribution is 7.92. The highest BCUT2D eigenvalue weighted by Gasteiger charge is 2.56. The molecule has 25 heavy (non-hydrogen) atoms. The van der Waals surface area contributed by atoms with E-state index in [1.54, 1.807) is 12.1 Å². The summed E-state index contributed by atoms with van der Waals surface area (Å²) < 4.78 is 52.8. The maximum absolute atomic E-state index is 12.5. The lowest BCUT2D eigenvalue weighted by atomic mass is 10.1. The molecule has 0 saturated heterocycles. The van der Waals surface area contributed by atoms with Crippen molar-refractivity contribution in [2.45, 2.75) is 44.1 Å². The molecule has 1 saturated carbocycles. The van der Waals surface area contributed by atoms with E-state index in [-0.39, 0.29) is 11.8 Å². The number of aromatic nitrogens is 1. The Bertz CT molecular complexity index is 911. The summed E-state index contributed by atoms with van der Waals surface area (Å²) in [7, 11) is -3.20. The van der Waals surface area contributed by atoms with Gasteiger partial charge in [-0.05, 0) is 51.0 Å². The van der Waals surface area contributed by atoms with Crippen LogP contribution < -0.4 is 10.1 Å². The van der Waals surface area contributed by atoms with Crippen LogP contribution in [0.5, 0.6) is 5.75 Å². The van der Waals surface area contributed by atoms with E-state index < -0.39 is 21.2 Å². The number of halogens is 2. The van der Waals surface area contributed by atoms with Gasteiger partial charge in [-0.1, -0.05) is 0 Å². The van der Waals surface area contributed by atoms with Crippen LogP contribution in [0.25, 0.3) is 10.9 Å². The number of alkyl halides is 2. The third-order valence-corrected chi connectivity index (χ3v) is 7.01. The van der Waals surface area contributed by atoms with Gasteiger partial charge in [0.15, 0.2) is 9.84 Å². The number of rotatable bonds is 6. The molecule has 1 aromatic heterocycles. The molecule has 8 heteroatoms. The molecule has 0 aliphatic heterocycles. The summed E-state index contributed by atoms with van der Waals surface area (Å²) in [5.74, 6) is 0.0353. The van der Waals surface area contributed by atoms with E-state index in [2.05, 4.69) is 15.0 Å². The molecule has 5 nitrogen and oxygen atoms in total. The SMILES string of the molecule is Cc1cc(N[C@H](C)C2(S(C)(=O)=O)CC2)c2cc(OC(F)F)ccc2n1. The van der Waals surface area contributed by atoms with Gasteiger partial charge in [0, 0.05) is 29.1 Å². The lowest BCUT2D eigenvalue weighted by Crippen LogP contribution is -2.39. The number of anilines is 1. The van der Waals surface area contributed by atoms with E-state index >= 15 is 0 Å². The number of sulfone groups is 1. The third-order valence-electron chi connectivity index (χ3n) is 4.78. The molecule has 1 aliphatic rings. The molecule has 1 aliphatic carbocycles. The van der Waals surface area contributed by atoms with Crippen molar-refractivity contribution >= 4 is 26.4 Å². The van der Waals surface area contributed by atoms with E-state index in [9.17, 15) is 17.2 Å². The van der Waals surface area contributed by atoms with E-state index in [1.165, 1.54) is 18.4 Å². The Morgan fingerprint density at radius 3 is 2.52 bits per heavy atom. The smallest absolute Gasteiger partial charge is 0.387 e. The van der Waals surface area contributed by atoms with Gasteiger partial charge in [0.25, 0.3) is 0 Å². The van der Waals surface area contributed by atoms with Crippen molar-refractivity contribution in [3.8, 4) is 5.75 Å². The first-order valence-corrected chi connectivity index (χ1v) is 9.84. The summed E-state index contributed by atoms with van der Waals surface area (Å²) in [6.45, 7) is 0.739. The number of nitrogens with zero attached hydrogens (tertiary/aromatic N) is 1. The van der Waals surface area contributed by atoms with Gasteiger partial charge in [0.05, 0.1) is 10.3 Å². The zero-order valence-electron chi connectivity index (χ0n) is 14.2. The fourth-order valence-electron chi connectivity index (χ4n) is 3.25. The molecule has 1 heterocycles. The van der Waals surface area contributed by atoms with Gasteiger partial charge < -0.3 is 10.1 Å². The second-order valence-electron chi connectivity index (χ2n) is 6.57. The van der Waals surface area contributed by atoms with Crippen LogP contribution in [0, 0.1) is 6.92 Å². The number of nitrogens with one attached hydrogen (secondary N) is 1. The molecule has 1 fully saturated rings. The Labute approximate surface area is 145 Å². The summed E-state index contributed by atoms with van der Waals surface area (Å²) in [4.78, 5) is 4.39. The van der Waals surface area contributed by atoms with Gasteiger partial charge in [-0.3, -0.25) is 4.98 Å². The second kappa shape index (κ2) is 6.09. The highest BCUT2D eigenvalue weighted by Crippen LogP contribution is 2.47. The topological polar surface area (TPSA) is 68.3 Å². The van der Waals surface area contributed by atoms with Crippen LogP contribution in [0.2, 0.25) is 0 Å². The maximum atomic E-state index is 12.5. The van der Waals surface area contributed by atoms with E-state index in [1.807, 2.05) is 13.8 Å². The van der Waals surface area contributed by atoms with Gasteiger partial charge in [-0.2, -0.15) is 8.78 Å². The lowest BCUT2D eigenvalue weighted by Gasteiger charge is -2.25. The normalized spacial score (nSPS) is 17.5. The molecule has 0 amide bonds. The quantitative estimate of drug-likeness (QED) is 0.843. The maximum Gasteiger partial charge on any atom is 0.387 e. The Morgan fingerprint density at radius 1 is 1.28 bits per heavy atom. The predicted molar refractivity (Wildman–Crippen MR) is 93.0 cm³/mol. The number of pyridine rings is 1. The Morgan fingerprint density at radius 2 is 1.96 bits per heavy atom. The van der Waals surface area contributed by atoms with E-state index in [4.69, 9.17) is 0 Å². The molecule has 0 unspecified atom stereocenters. The summed E-state index contributed by atoms with van der Waals surface area (Å²) in [5.41, 5.74) is 2.03. The molecular formula is C17H20F2N2O3S. The van der Waals surface area contributed by atoms with Crippen LogP contribution in [0.15, 0.2) is 24.3 Å². The zero-order chi connectivity index (χ0) is 18.4. The molecule has 0 bridgehead atoms. The minimum Gasteiger partial charge on any atom is -0.435 e. The van der Waals surface area contributed by atoms with Crippen molar-refractivity contribution in [2.24, 2.45) is 0 Å². The molecular weight excluding hydrogens is 350 g/mol. The Hall–Kier alpha value is -1.96. The van der Waals surface area contributed by atoms with Crippen molar-refractivity contribution in [1.29, 1.82) is 0 Å². The number of hydrogen-bond acceptors (Lipinski definition) is 5. The number of aryl methyl sites for hydroxylation is 1. The average Bonchev–Trinajstić information content (AvgIpc) is 3.28. The van der Waals surface area contributed by atoms with Crippen molar-refractivity contribution in [1.82, 2.24) is 4.98 Å². The van der Waals surface area contributed by atoms with Gasteiger partial charge in [0.1, 0.15) is 5.75 Å². The molecule has 2 aromatic rings. The van der Waals surface area contributed by atoms with Crippen molar-refractivity contribution in [3.63, 3.8) is 0 Å². The van der Waals surface area contributed by atoms with Crippen molar-refractivity contribution in [2.75, 3.05) is 11.6 Å². The molecule has 3 rings (SSSR count). The summed E-state index contributed by atoms with van der Waals surface area (Å²) in [6.07, 6.45) is 2.48. The first kappa shape index (κ1) is 17.8. The fourth-order valence-corrected chi connectivity index (χ4v) is 4.79. The molecule has 1 atom stereocenters.